The number of alkyl carbamates (subject to hydrolysis) is 1. The molecule has 2 aromatic rings. The van der Waals surface area contributed by atoms with Gasteiger partial charge in [-0.05, 0) is 41.8 Å². The highest BCUT2D eigenvalue weighted by molar-refractivity contribution is 5.67. The van der Waals surface area contributed by atoms with Crippen molar-refractivity contribution in [1.29, 1.82) is 0 Å². The molecule has 2 aromatic carbocycles. The number of carbonyl (C=O) groups is 1. The van der Waals surface area contributed by atoms with E-state index in [2.05, 4.69) is 34.6 Å². The Bertz CT molecular complexity index is 760. The summed E-state index contributed by atoms with van der Waals surface area (Å²) < 4.78 is 5.13. The summed E-state index contributed by atoms with van der Waals surface area (Å²) in [6, 6.07) is 15.9. The predicted octanol–water partition coefficient (Wildman–Crippen LogP) is 2.61. The van der Waals surface area contributed by atoms with Gasteiger partial charge in [-0.15, -0.1) is 0 Å². The first-order valence-electron chi connectivity index (χ1n) is 8.07. The molecule has 1 aliphatic heterocycles. The molecule has 0 radical (unpaired) electrons. The molecule has 0 aliphatic carbocycles. The van der Waals surface area contributed by atoms with Gasteiger partial charge in [-0.3, -0.25) is 0 Å². The highest BCUT2D eigenvalue weighted by atomic mass is 16.5. The molecule has 0 unspecified atom stereocenters. The van der Waals surface area contributed by atoms with E-state index in [1.807, 2.05) is 36.4 Å². The number of ether oxygens (including phenoxy) is 1. The molecule has 0 bridgehead atoms. The maximum Gasteiger partial charge on any atom is 0.408 e. The second kappa shape index (κ2) is 8.19. The average molecular weight is 320 g/mol. The highest BCUT2D eigenvalue weighted by Crippen LogP contribution is 2.15. The fourth-order valence-electron chi connectivity index (χ4n) is 2.60. The van der Waals surface area contributed by atoms with Gasteiger partial charge in [0.05, 0.1) is 6.54 Å². The van der Waals surface area contributed by atoms with Gasteiger partial charge in [0.25, 0.3) is 0 Å². The van der Waals surface area contributed by atoms with Gasteiger partial charge >= 0.3 is 6.09 Å². The van der Waals surface area contributed by atoms with Crippen molar-refractivity contribution < 1.29 is 9.53 Å². The lowest BCUT2D eigenvalue weighted by atomic mass is 9.99. The molecule has 1 heterocycles. The fourth-order valence-corrected chi connectivity index (χ4v) is 2.60. The number of amides is 1. The van der Waals surface area contributed by atoms with Crippen LogP contribution in [-0.2, 0) is 24.3 Å². The largest absolute Gasteiger partial charge is 0.445 e. The maximum absolute atomic E-state index is 11.6. The molecule has 0 atom stereocenters. The van der Waals surface area contributed by atoms with Crippen LogP contribution in [0.4, 0.5) is 4.79 Å². The molecule has 2 N–H and O–H groups in total. The SMILES string of the molecule is O=C(NCC#Cc1ccc2c(c1)CNCC2)OCc1ccccc1. The minimum absolute atomic E-state index is 0.262. The van der Waals surface area contributed by atoms with E-state index in [0.717, 1.165) is 30.6 Å². The molecular weight excluding hydrogens is 300 g/mol. The van der Waals surface area contributed by atoms with Gasteiger partial charge in [0.2, 0.25) is 0 Å². The van der Waals surface area contributed by atoms with Gasteiger partial charge in [-0.25, -0.2) is 4.79 Å². The molecule has 4 heteroatoms. The van der Waals surface area contributed by atoms with E-state index in [4.69, 9.17) is 4.74 Å². The smallest absolute Gasteiger partial charge is 0.408 e. The van der Waals surface area contributed by atoms with Crippen molar-refractivity contribution in [1.82, 2.24) is 10.6 Å². The zero-order chi connectivity index (χ0) is 16.6. The van der Waals surface area contributed by atoms with Crippen molar-refractivity contribution in [3.63, 3.8) is 0 Å². The number of fused-ring (bicyclic) bond motifs is 1. The summed E-state index contributed by atoms with van der Waals surface area (Å²) in [5, 5.41) is 5.99. The predicted molar refractivity (Wildman–Crippen MR) is 93.4 cm³/mol. The molecule has 0 saturated carbocycles. The molecule has 0 fully saturated rings. The minimum Gasteiger partial charge on any atom is -0.445 e. The van der Waals surface area contributed by atoms with Crippen molar-refractivity contribution in [3.05, 3.63) is 70.8 Å². The third-order valence-electron chi connectivity index (χ3n) is 3.86. The number of hydrogen-bond donors (Lipinski definition) is 2. The molecule has 0 aromatic heterocycles. The summed E-state index contributed by atoms with van der Waals surface area (Å²) >= 11 is 0. The van der Waals surface area contributed by atoms with E-state index < -0.39 is 6.09 Å². The summed E-state index contributed by atoms with van der Waals surface area (Å²) in [6.07, 6.45) is 0.612. The third kappa shape index (κ3) is 4.61. The van der Waals surface area contributed by atoms with E-state index in [-0.39, 0.29) is 13.2 Å². The summed E-state index contributed by atoms with van der Waals surface area (Å²) in [7, 11) is 0. The summed E-state index contributed by atoms with van der Waals surface area (Å²) in [5.74, 6) is 6.03. The first-order chi connectivity index (χ1) is 11.8. The van der Waals surface area contributed by atoms with Crippen LogP contribution in [0.5, 0.6) is 0 Å². The van der Waals surface area contributed by atoms with Crippen LogP contribution in [0.2, 0.25) is 0 Å². The van der Waals surface area contributed by atoms with E-state index in [1.165, 1.54) is 11.1 Å². The lowest BCUT2D eigenvalue weighted by Gasteiger charge is -2.16. The zero-order valence-electron chi connectivity index (χ0n) is 13.5. The van der Waals surface area contributed by atoms with E-state index in [9.17, 15) is 4.79 Å². The van der Waals surface area contributed by atoms with Crippen LogP contribution >= 0.6 is 0 Å². The Kier molecular flexibility index (Phi) is 5.49. The molecule has 122 valence electrons. The quantitative estimate of drug-likeness (QED) is 0.855. The van der Waals surface area contributed by atoms with Crippen LogP contribution in [0.15, 0.2) is 48.5 Å². The number of carbonyl (C=O) groups excluding carboxylic acids is 1. The molecule has 0 saturated heterocycles. The monoisotopic (exact) mass is 320 g/mol. The fraction of sp³-hybridized carbons (Fsp3) is 0.250. The van der Waals surface area contributed by atoms with Crippen LogP contribution in [-0.4, -0.2) is 19.2 Å². The van der Waals surface area contributed by atoms with E-state index in [0.29, 0.717) is 0 Å². The van der Waals surface area contributed by atoms with Gasteiger partial charge < -0.3 is 15.4 Å². The first kappa shape index (κ1) is 16.1. The minimum atomic E-state index is -0.456. The zero-order valence-corrected chi connectivity index (χ0v) is 13.5. The van der Waals surface area contributed by atoms with Gasteiger partial charge in [0.1, 0.15) is 6.61 Å². The lowest BCUT2D eigenvalue weighted by molar-refractivity contribution is 0.141. The Morgan fingerprint density at radius 2 is 2.04 bits per heavy atom. The summed E-state index contributed by atoms with van der Waals surface area (Å²) in [5.41, 5.74) is 4.63. The number of rotatable bonds is 3. The van der Waals surface area contributed by atoms with Crippen LogP contribution < -0.4 is 10.6 Å². The Morgan fingerprint density at radius 3 is 2.92 bits per heavy atom. The second-order valence-corrected chi connectivity index (χ2v) is 5.63. The highest BCUT2D eigenvalue weighted by Gasteiger charge is 2.07. The molecule has 24 heavy (non-hydrogen) atoms. The normalized spacial score (nSPS) is 12.5. The topological polar surface area (TPSA) is 50.4 Å². The van der Waals surface area contributed by atoms with Crippen molar-refractivity contribution in [2.24, 2.45) is 0 Å². The van der Waals surface area contributed by atoms with Gasteiger partial charge in [-0.2, -0.15) is 0 Å². The molecule has 3 rings (SSSR count). The van der Waals surface area contributed by atoms with Crippen molar-refractivity contribution >= 4 is 6.09 Å². The Morgan fingerprint density at radius 1 is 1.17 bits per heavy atom. The van der Waals surface area contributed by atoms with Crippen LogP contribution in [0.25, 0.3) is 0 Å². The number of hydrogen-bond acceptors (Lipinski definition) is 3. The Labute approximate surface area is 142 Å². The van der Waals surface area contributed by atoms with Crippen LogP contribution in [0.3, 0.4) is 0 Å². The average Bonchev–Trinajstić information content (AvgIpc) is 2.64. The lowest BCUT2D eigenvalue weighted by Crippen LogP contribution is -2.24. The van der Waals surface area contributed by atoms with Gasteiger partial charge in [0.15, 0.2) is 0 Å². The summed E-state index contributed by atoms with van der Waals surface area (Å²) in [4.78, 5) is 11.6. The standard InChI is InChI=1S/C20H20N2O2/c23-20(24-15-17-5-2-1-3-6-17)22-11-4-7-16-8-9-18-10-12-21-14-19(18)13-16/h1-3,5-6,8-9,13,21H,10-12,14-15H2,(H,22,23). The van der Waals surface area contributed by atoms with Crippen LogP contribution in [0, 0.1) is 11.8 Å². The molecule has 1 amide bonds. The Hall–Kier alpha value is -2.77. The molecule has 1 aliphatic rings. The van der Waals surface area contributed by atoms with E-state index >= 15 is 0 Å². The van der Waals surface area contributed by atoms with Crippen LogP contribution in [0.1, 0.15) is 22.3 Å². The number of nitrogens with one attached hydrogen (secondary N) is 2. The van der Waals surface area contributed by atoms with Gasteiger partial charge in [-0.1, -0.05) is 48.2 Å². The van der Waals surface area contributed by atoms with Crippen molar-refractivity contribution in [2.45, 2.75) is 19.6 Å². The second-order valence-electron chi connectivity index (χ2n) is 5.63. The molecular formula is C20H20N2O2. The number of benzene rings is 2. The first-order valence-corrected chi connectivity index (χ1v) is 8.07. The van der Waals surface area contributed by atoms with E-state index in [1.54, 1.807) is 0 Å². The maximum atomic E-state index is 11.6. The molecule has 0 spiro atoms. The third-order valence-corrected chi connectivity index (χ3v) is 3.86. The summed E-state index contributed by atoms with van der Waals surface area (Å²) in [6.45, 7) is 2.46. The van der Waals surface area contributed by atoms with Crippen molar-refractivity contribution in [2.75, 3.05) is 13.1 Å². The Balaban J connectivity index is 1.45. The van der Waals surface area contributed by atoms with Crippen molar-refractivity contribution in [3.8, 4) is 11.8 Å². The van der Waals surface area contributed by atoms with Gasteiger partial charge in [0, 0.05) is 12.1 Å². The molecule has 4 nitrogen and oxygen atoms in total.